The standard InChI is InChI=1S/C30H54O2/c1-21(32)27(5)12-11-23-28(6,22(27)10-9-19-31)16-18-30(8)24-20-25(2,3)13-14-26(24,4)15-17-29(23,30)7/h21-24,31-32H,9-20H2,1-8H3/t21-,22-,23+,24-,26-,27-,28+,29-,30+/m1/s1. The minimum absolute atomic E-state index is 0.0272. The van der Waals surface area contributed by atoms with Gasteiger partial charge in [0.2, 0.25) is 0 Å². The Labute approximate surface area is 199 Å². The fourth-order valence-electron chi connectivity index (χ4n) is 10.6. The SMILES string of the molecule is C[C@@H](O)[C@@]1(C)CC[C@H]2[C@@](C)(CC[C@@]3(C)[C@@H]4CC(C)(C)CC[C@]4(C)CC[C@]23C)[C@@H]1CCCO. The van der Waals surface area contributed by atoms with Gasteiger partial charge in [-0.3, -0.25) is 0 Å². The first-order valence-corrected chi connectivity index (χ1v) is 14.0. The van der Waals surface area contributed by atoms with Crippen LogP contribution in [-0.2, 0) is 0 Å². The van der Waals surface area contributed by atoms with Crippen molar-refractivity contribution < 1.29 is 10.2 Å². The largest absolute Gasteiger partial charge is 0.396 e. The third-order valence-electron chi connectivity index (χ3n) is 13.2. The van der Waals surface area contributed by atoms with Crippen LogP contribution in [0.3, 0.4) is 0 Å². The van der Waals surface area contributed by atoms with Crippen LogP contribution in [0.15, 0.2) is 0 Å². The highest BCUT2D eigenvalue weighted by atomic mass is 16.3. The molecule has 2 heteroatoms. The Kier molecular flexibility index (Phi) is 6.03. The third kappa shape index (κ3) is 3.31. The number of hydrogen-bond donors (Lipinski definition) is 2. The predicted octanol–water partition coefficient (Wildman–Crippen LogP) is 7.61. The molecular weight excluding hydrogens is 392 g/mol. The molecule has 0 spiro atoms. The van der Waals surface area contributed by atoms with Crippen molar-refractivity contribution in [2.45, 2.75) is 132 Å². The summed E-state index contributed by atoms with van der Waals surface area (Å²) in [4.78, 5) is 0. The zero-order valence-electron chi connectivity index (χ0n) is 22.7. The lowest BCUT2D eigenvalue weighted by atomic mass is 9.30. The van der Waals surface area contributed by atoms with E-state index in [1.54, 1.807) is 0 Å². The summed E-state index contributed by atoms with van der Waals surface area (Å²) in [6.45, 7) is 20.4. The normalized spacial score (nSPS) is 53.6. The van der Waals surface area contributed by atoms with Crippen LogP contribution in [0.4, 0.5) is 0 Å². The summed E-state index contributed by atoms with van der Waals surface area (Å²) in [5.74, 6) is 2.07. The second-order valence-electron chi connectivity index (χ2n) is 15.1. The van der Waals surface area contributed by atoms with Gasteiger partial charge in [0, 0.05) is 6.61 Å². The number of hydrogen-bond acceptors (Lipinski definition) is 2. The summed E-state index contributed by atoms with van der Waals surface area (Å²) >= 11 is 0. The van der Waals surface area contributed by atoms with Gasteiger partial charge in [0.1, 0.15) is 0 Å². The molecule has 2 nitrogen and oxygen atoms in total. The highest BCUT2D eigenvalue weighted by Crippen LogP contribution is 2.77. The van der Waals surface area contributed by atoms with Crippen LogP contribution in [0.25, 0.3) is 0 Å². The smallest absolute Gasteiger partial charge is 0.0568 e. The van der Waals surface area contributed by atoms with E-state index in [9.17, 15) is 10.2 Å². The van der Waals surface area contributed by atoms with Crippen molar-refractivity contribution in [1.29, 1.82) is 0 Å². The lowest BCUT2D eigenvalue weighted by molar-refractivity contribution is -0.257. The molecule has 4 aliphatic rings. The minimum atomic E-state index is -0.279. The van der Waals surface area contributed by atoms with E-state index in [1.807, 2.05) is 6.92 Å². The molecule has 0 aromatic heterocycles. The number of aliphatic hydroxyl groups excluding tert-OH is 2. The molecule has 0 aliphatic heterocycles. The molecule has 4 rings (SSSR count). The monoisotopic (exact) mass is 446 g/mol. The van der Waals surface area contributed by atoms with Crippen LogP contribution < -0.4 is 0 Å². The van der Waals surface area contributed by atoms with Crippen molar-refractivity contribution in [2.24, 2.45) is 50.2 Å². The molecule has 4 saturated carbocycles. The molecule has 0 unspecified atom stereocenters. The Hall–Kier alpha value is -0.0800. The van der Waals surface area contributed by atoms with Crippen molar-refractivity contribution in [3.8, 4) is 0 Å². The fraction of sp³-hybridized carbons (Fsp3) is 1.00. The molecular formula is C30H54O2. The van der Waals surface area contributed by atoms with Gasteiger partial charge < -0.3 is 10.2 Å². The van der Waals surface area contributed by atoms with Gasteiger partial charge in [0.15, 0.2) is 0 Å². The molecule has 4 aliphatic carbocycles. The van der Waals surface area contributed by atoms with E-state index in [-0.39, 0.29) is 23.5 Å². The van der Waals surface area contributed by atoms with Gasteiger partial charge in [-0.1, -0.05) is 48.5 Å². The summed E-state index contributed by atoms with van der Waals surface area (Å²) in [7, 11) is 0. The molecule has 0 saturated heterocycles. The van der Waals surface area contributed by atoms with Crippen molar-refractivity contribution in [1.82, 2.24) is 0 Å². The molecule has 32 heavy (non-hydrogen) atoms. The van der Waals surface area contributed by atoms with Crippen LogP contribution in [0.5, 0.6) is 0 Å². The maximum Gasteiger partial charge on any atom is 0.0568 e. The second kappa shape index (κ2) is 7.71. The van der Waals surface area contributed by atoms with E-state index in [4.69, 9.17) is 0 Å². The number of aliphatic hydroxyl groups is 2. The van der Waals surface area contributed by atoms with E-state index >= 15 is 0 Å². The lowest BCUT2D eigenvalue weighted by Crippen LogP contribution is -2.67. The quantitative estimate of drug-likeness (QED) is 0.466. The zero-order valence-corrected chi connectivity index (χ0v) is 22.7. The average molecular weight is 447 g/mol. The van der Waals surface area contributed by atoms with Crippen LogP contribution >= 0.6 is 0 Å². The minimum Gasteiger partial charge on any atom is -0.396 e. The molecule has 186 valence electrons. The summed E-state index contributed by atoms with van der Waals surface area (Å²) in [6, 6.07) is 0. The van der Waals surface area contributed by atoms with Crippen LogP contribution in [0, 0.1) is 50.2 Å². The Balaban J connectivity index is 1.75. The Morgan fingerprint density at radius 2 is 1.38 bits per heavy atom. The summed E-state index contributed by atoms with van der Waals surface area (Å²) in [6.07, 6.45) is 13.7. The first-order chi connectivity index (χ1) is 14.7. The first kappa shape index (κ1) is 25.0. The van der Waals surface area contributed by atoms with Crippen LogP contribution in [0.1, 0.15) is 126 Å². The molecule has 9 atom stereocenters. The summed E-state index contributed by atoms with van der Waals surface area (Å²) in [5.41, 5.74) is 2.05. The molecule has 4 fully saturated rings. The Bertz CT molecular complexity index is 714. The molecule has 0 amide bonds. The molecule has 2 N–H and O–H groups in total. The van der Waals surface area contributed by atoms with Gasteiger partial charge in [0.25, 0.3) is 0 Å². The van der Waals surface area contributed by atoms with Gasteiger partial charge in [-0.2, -0.15) is 0 Å². The van der Waals surface area contributed by atoms with E-state index in [0.29, 0.717) is 27.6 Å². The molecule has 0 aromatic carbocycles. The van der Waals surface area contributed by atoms with E-state index < -0.39 is 0 Å². The van der Waals surface area contributed by atoms with E-state index in [2.05, 4.69) is 48.5 Å². The highest BCUT2D eigenvalue weighted by Gasteiger charge is 2.70. The zero-order chi connectivity index (χ0) is 23.8. The van der Waals surface area contributed by atoms with Crippen molar-refractivity contribution in [3.63, 3.8) is 0 Å². The Morgan fingerprint density at radius 1 is 0.781 bits per heavy atom. The third-order valence-corrected chi connectivity index (χ3v) is 13.2. The van der Waals surface area contributed by atoms with Gasteiger partial charge >= 0.3 is 0 Å². The van der Waals surface area contributed by atoms with E-state index in [0.717, 1.165) is 31.1 Å². The molecule has 0 radical (unpaired) electrons. The predicted molar refractivity (Wildman–Crippen MR) is 134 cm³/mol. The lowest BCUT2D eigenvalue weighted by Gasteiger charge is -2.74. The molecule has 0 aromatic rings. The van der Waals surface area contributed by atoms with Crippen molar-refractivity contribution >= 4 is 0 Å². The second-order valence-corrected chi connectivity index (χ2v) is 15.1. The topological polar surface area (TPSA) is 40.5 Å². The van der Waals surface area contributed by atoms with Gasteiger partial charge in [-0.05, 0) is 128 Å². The van der Waals surface area contributed by atoms with Crippen molar-refractivity contribution in [3.05, 3.63) is 0 Å². The average Bonchev–Trinajstić information content (AvgIpc) is 2.71. The summed E-state index contributed by atoms with van der Waals surface area (Å²) < 4.78 is 0. The number of rotatable bonds is 4. The highest BCUT2D eigenvalue weighted by molar-refractivity contribution is 5.19. The number of fused-ring (bicyclic) bond motifs is 5. The fourth-order valence-corrected chi connectivity index (χ4v) is 10.6. The van der Waals surface area contributed by atoms with Gasteiger partial charge in [-0.15, -0.1) is 0 Å². The summed E-state index contributed by atoms with van der Waals surface area (Å²) in [5, 5.41) is 20.7. The first-order valence-electron chi connectivity index (χ1n) is 14.0. The molecule has 0 bridgehead atoms. The van der Waals surface area contributed by atoms with E-state index in [1.165, 1.54) is 51.4 Å². The van der Waals surface area contributed by atoms with Crippen molar-refractivity contribution in [2.75, 3.05) is 6.61 Å². The molecule has 0 heterocycles. The Morgan fingerprint density at radius 3 is 2.00 bits per heavy atom. The maximum absolute atomic E-state index is 10.9. The maximum atomic E-state index is 10.9. The van der Waals surface area contributed by atoms with Crippen LogP contribution in [0.2, 0.25) is 0 Å². The van der Waals surface area contributed by atoms with Crippen LogP contribution in [-0.4, -0.2) is 22.9 Å². The van der Waals surface area contributed by atoms with Gasteiger partial charge in [-0.25, -0.2) is 0 Å². The van der Waals surface area contributed by atoms with Gasteiger partial charge in [0.05, 0.1) is 6.10 Å².